The fraction of sp³-hybridized carbons (Fsp3) is 0.0556. The molecule has 3 N–H and O–H groups in total. The number of carbonyl (C=O) groups excluding carboxylic acids is 1. The van der Waals surface area contributed by atoms with Crippen LogP contribution in [0.25, 0.3) is 33.3 Å². The lowest BCUT2D eigenvalue weighted by Crippen LogP contribution is -2.08. The summed E-state index contributed by atoms with van der Waals surface area (Å²) < 4.78 is 11.2. The minimum atomic E-state index is -0.434. The molecule has 0 fully saturated rings. The Bertz CT molecular complexity index is 1150. The molecule has 2 aromatic rings. The highest BCUT2D eigenvalue weighted by atomic mass is 16.5. The highest BCUT2D eigenvalue weighted by molar-refractivity contribution is 6.01. The maximum atomic E-state index is 11.4. The Morgan fingerprint density at radius 1 is 1.25 bits per heavy atom. The number of carbonyl (C=O) groups is 1. The van der Waals surface area contributed by atoms with E-state index in [1.54, 1.807) is 42.5 Å². The predicted octanol–water partition coefficient (Wildman–Crippen LogP) is 3.07. The van der Waals surface area contributed by atoms with E-state index in [1.165, 1.54) is 6.92 Å². The number of nitrogens with zero attached hydrogens (tertiary/aromatic N) is 1. The Morgan fingerprint density at radius 2 is 2.08 bits per heavy atom. The van der Waals surface area contributed by atoms with E-state index in [2.05, 4.69) is 4.98 Å². The van der Waals surface area contributed by atoms with Crippen LogP contribution in [-0.4, -0.2) is 11.0 Å². The number of nitrogens with two attached hydrogens (primary N) is 1. The van der Waals surface area contributed by atoms with Crippen molar-refractivity contribution in [1.82, 2.24) is 4.98 Å². The molecular formula is C18H13N3O3. The van der Waals surface area contributed by atoms with Crippen molar-refractivity contribution in [3.8, 4) is 17.2 Å². The Balaban J connectivity index is 2.18. The van der Waals surface area contributed by atoms with E-state index in [0.29, 0.717) is 44.8 Å². The summed E-state index contributed by atoms with van der Waals surface area (Å²) in [5, 5.41) is 9.71. The zero-order chi connectivity index (χ0) is 16.8. The summed E-state index contributed by atoms with van der Waals surface area (Å²) in [5.74, 6) is 0.360. The van der Waals surface area contributed by atoms with Gasteiger partial charge in [-0.05, 0) is 18.2 Å². The smallest absolute Gasteiger partial charge is 0.308 e. The maximum absolute atomic E-state index is 11.4. The van der Waals surface area contributed by atoms with Gasteiger partial charge in [0.05, 0.1) is 10.7 Å². The van der Waals surface area contributed by atoms with Crippen molar-refractivity contribution in [3.05, 3.63) is 47.8 Å². The lowest BCUT2D eigenvalue weighted by Gasteiger charge is -2.13. The molecule has 6 nitrogen and oxygen atoms in total. The van der Waals surface area contributed by atoms with Gasteiger partial charge >= 0.3 is 5.97 Å². The van der Waals surface area contributed by atoms with Crippen LogP contribution in [0.2, 0.25) is 0 Å². The Morgan fingerprint density at radius 3 is 2.88 bits per heavy atom. The van der Waals surface area contributed by atoms with Crippen molar-refractivity contribution in [2.24, 2.45) is 0 Å². The number of fused-ring (bicyclic) bond motifs is 4. The Kier molecular flexibility index (Phi) is 2.99. The molecule has 0 bridgehead atoms. The number of hydrogen-bond donors (Lipinski definition) is 2. The average Bonchev–Trinajstić information content (AvgIpc) is 2.53. The van der Waals surface area contributed by atoms with Crippen LogP contribution < -0.4 is 15.8 Å². The lowest BCUT2D eigenvalue weighted by molar-refractivity contribution is -0.131. The SMILES string of the molecule is CC(=O)Oc1cccc2c(=N)cc3oc4cc(N)ccc4nc-3c12. The molecule has 2 aromatic carbocycles. The maximum Gasteiger partial charge on any atom is 0.308 e. The van der Waals surface area contributed by atoms with Crippen LogP contribution in [0.1, 0.15) is 6.92 Å². The number of anilines is 1. The van der Waals surface area contributed by atoms with E-state index >= 15 is 0 Å². The standard InChI is InChI=1S/C18H13N3O3/c1-9(22)23-14-4-2-3-11-12(20)8-16-18(17(11)14)21-13-6-5-10(19)7-15(13)24-16/h2-8,20H,19H2,1H3. The molecule has 4 rings (SSSR count). The summed E-state index contributed by atoms with van der Waals surface area (Å²) >= 11 is 0. The molecule has 1 aliphatic heterocycles. The minimum Gasteiger partial charge on any atom is -0.453 e. The highest BCUT2D eigenvalue weighted by Gasteiger charge is 2.18. The third-order valence-corrected chi connectivity index (χ3v) is 3.75. The molecule has 0 aromatic heterocycles. The fourth-order valence-corrected chi connectivity index (χ4v) is 2.77. The van der Waals surface area contributed by atoms with Gasteiger partial charge in [0.25, 0.3) is 0 Å². The zero-order valence-corrected chi connectivity index (χ0v) is 12.8. The molecule has 0 amide bonds. The van der Waals surface area contributed by atoms with Crippen LogP contribution in [0.5, 0.6) is 5.75 Å². The number of benzene rings is 3. The van der Waals surface area contributed by atoms with Crippen LogP contribution in [0.15, 0.2) is 46.9 Å². The van der Waals surface area contributed by atoms with Gasteiger partial charge in [0, 0.05) is 30.1 Å². The molecule has 1 heterocycles. The number of rotatable bonds is 1. The first-order chi connectivity index (χ1) is 11.5. The van der Waals surface area contributed by atoms with E-state index in [9.17, 15) is 4.79 Å². The van der Waals surface area contributed by atoms with Crippen molar-refractivity contribution in [2.45, 2.75) is 6.92 Å². The van der Waals surface area contributed by atoms with E-state index in [1.807, 2.05) is 0 Å². The summed E-state index contributed by atoms with van der Waals surface area (Å²) in [4.78, 5) is 16.0. The first-order valence-electron chi connectivity index (χ1n) is 7.32. The number of nitrogens with one attached hydrogen (secondary N) is 1. The van der Waals surface area contributed by atoms with Crippen LogP contribution in [0, 0.1) is 5.41 Å². The average molecular weight is 319 g/mol. The van der Waals surface area contributed by atoms with E-state index in [-0.39, 0.29) is 5.36 Å². The molecule has 24 heavy (non-hydrogen) atoms. The van der Waals surface area contributed by atoms with Crippen LogP contribution in [0.3, 0.4) is 0 Å². The third kappa shape index (κ3) is 2.16. The largest absolute Gasteiger partial charge is 0.453 e. The van der Waals surface area contributed by atoms with Gasteiger partial charge in [-0.25, -0.2) is 4.98 Å². The summed E-state index contributed by atoms with van der Waals surface area (Å²) in [7, 11) is 0. The molecule has 0 saturated heterocycles. The number of esters is 1. The highest BCUT2D eigenvalue weighted by Crippen LogP contribution is 2.35. The summed E-state index contributed by atoms with van der Waals surface area (Å²) in [5.41, 5.74) is 8.06. The second kappa shape index (κ2) is 5.06. The van der Waals surface area contributed by atoms with Crippen molar-refractivity contribution in [2.75, 3.05) is 5.73 Å². The molecule has 1 aliphatic carbocycles. The molecule has 6 heteroatoms. The molecule has 2 aliphatic rings. The van der Waals surface area contributed by atoms with Crippen molar-refractivity contribution < 1.29 is 13.9 Å². The van der Waals surface area contributed by atoms with Crippen LogP contribution >= 0.6 is 0 Å². The van der Waals surface area contributed by atoms with Crippen molar-refractivity contribution in [1.29, 1.82) is 5.41 Å². The van der Waals surface area contributed by atoms with E-state index in [0.717, 1.165) is 0 Å². The number of nitrogen functional groups attached to an aromatic ring is 1. The summed E-state index contributed by atoms with van der Waals surface area (Å²) in [6.07, 6.45) is 0. The topological polar surface area (TPSA) is 102 Å². The molecule has 118 valence electrons. The fourth-order valence-electron chi connectivity index (χ4n) is 2.77. The second-order valence-corrected chi connectivity index (χ2v) is 5.48. The predicted molar refractivity (Wildman–Crippen MR) is 89.7 cm³/mol. The lowest BCUT2D eigenvalue weighted by atomic mass is 10.0. The Labute approximate surface area is 136 Å². The van der Waals surface area contributed by atoms with Gasteiger partial charge in [0.2, 0.25) is 0 Å². The first kappa shape index (κ1) is 14.2. The van der Waals surface area contributed by atoms with Gasteiger partial charge in [-0.1, -0.05) is 12.1 Å². The van der Waals surface area contributed by atoms with Gasteiger partial charge < -0.3 is 20.3 Å². The first-order valence-corrected chi connectivity index (χ1v) is 7.32. The molecule has 0 unspecified atom stereocenters. The zero-order valence-electron chi connectivity index (χ0n) is 12.8. The second-order valence-electron chi connectivity index (χ2n) is 5.48. The molecule has 0 radical (unpaired) electrons. The molecule has 0 spiro atoms. The van der Waals surface area contributed by atoms with Gasteiger partial charge in [-0.3, -0.25) is 4.79 Å². The van der Waals surface area contributed by atoms with Crippen molar-refractivity contribution >= 4 is 33.5 Å². The number of hydrogen-bond acceptors (Lipinski definition) is 6. The number of aromatic nitrogens is 1. The van der Waals surface area contributed by atoms with Gasteiger partial charge in [-0.15, -0.1) is 0 Å². The van der Waals surface area contributed by atoms with Crippen LogP contribution in [-0.2, 0) is 4.79 Å². The molecular weight excluding hydrogens is 306 g/mol. The van der Waals surface area contributed by atoms with E-state index < -0.39 is 5.97 Å². The van der Waals surface area contributed by atoms with E-state index in [4.69, 9.17) is 20.3 Å². The molecule has 0 saturated carbocycles. The molecule has 0 atom stereocenters. The summed E-state index contributed by atoms with van der Waals surface area (Å²) in [6, 6.07) is 12.0. The minimum absolute atomic E-state index is 0.264. The summed E-state index contributed by atoms with van der Waals surface area (Å²) in [6.45, 7) is 1.33. The number of ether oxygens (including phenoxy) is 1. The quantitative estimate of drug-likeness (QED) is 0.184. The van der Waals surface area contributed by atoms with Crippen LogP contribution in [0.4, 0.5) is 5.69 Å². The van der Waals surface area contributed by atoms with Gasteiger partial charge in [0.1, 0.15) is 17.0 Å². The monoisotopic (exact) mass is 319 g/mol. The van der Waals surface area contributed by atoms with Crippen molar-refractivity contribution in [3.63, 3.8) is 0 Å². The Hall–Kier alpha value is -3.41. The van der Waals surface area contributed by atoms with Gasteiger partial charge in [-0.2, -0.15) is 0 Å². The normalized spacial score (nSPS) is 11.2. The van der Waals surface area contributed by atoms with Gasteiger partial charge in [0.15, 0.2) is 11.3 Å². The third-order valence-electron chi connectivity index (χ3n) is 3.75.